The number of rotatable bonds is 6. The molecule has 1 N–H and O–H groups in total. The lowest BCUT2D eigenvalue weighted by Crippen LogP contribution is -2.47. The fraction of sp³-hybridized carbons (Fsp3) is 0.750. The summed E-state index contributed by atoms with van der Waals surface area (Å²) >= 11 is 1.91. The third kappa shape index (κ3) is 3.39. The Morgan fingerprint density at radius 2 is 2.00 bits per heavy atom. The van der Waals surface area contributed by atoms with Gasteiger partial charge in [0.1, 0.15) is 0 Å². The highest BCUT2D eigenvalue weighted by Crippen LogP contribution is 2.43. The average Bonchev–Trinajstić information content (AvgIpc) is 2.83. The Morgan fingerprint density at radius 1 is 1.26 bits per heavy atom. The van der Waals surface area contributed by atoms with Crippen LogP contribution in [-0.2, 0) is 4.74 Å². The van der Waals surface area contributed by atoms with Gasteiger partial charge in [-0.2, -0.15) is 0 Å². The van der Waals surface area contributed by atoms with Gasteiger partial charge in [0.15, 0.2) is 0 Å². The van der Waals surface area contributed by atoms with Crippen molar-refractivity contribution in [2.75, 3.05) is 13.2 Å². The SMILES string of the molecule is CCNC(c1ccc(C)s1)C1(OCC)CCCCC1. The topological polar surface area (TPSA) is 21.3 Å². The first-order valence-corrected chi connectivity index (χ1v) is 8.47. The van der Waals surface area contributed by atoms with E-state index in [4.69, 9.17) is 4.74 Å². The third-order valence-electron chi connectivity index (χ3n) is 4.11. The molecule has 2 nitrogen and oxygen atoms in total. The molecular weight excluding hydrogens is 254 g/mol. The van der Waals surface area contributed by atoms with E-state index < -0.39 is 0 Å². The van der Waals surface area contributed by atoms with Crippen LogP contribution in [0.25, 0.3) is 0 Å². The van der Waals surface area contributed by atoms with Crippen LogP contribution in [0.5, 0.6) is 0 Å². The quantitative estimate of drug-likeness (QED) is 0.832. The minimum absolute atomic E-state index is 0.0142. The summed E-state index contributed by atoms with van der Waals surface area (Å²) in [6, 6.07) is 4.87. The van der Waals surface area contributed by atoms with E-state index in [1.807, 2.05) is 11.3 Å². The second-order valence-corrected chi connectivity index (χ2v) is 6.82. The molecule has 1 unspecified atom stereocenters. The molecule has 1 fully saturated rings. The van der Waals surface area contributed by atoms with Crippen molar-refractivity contribution in [2.24, 2.45) is 0 Å². The van der Waals surface area contributed by atoms with Crippen molar-refractivity contribution < 1.29 is 4.74 Å². The van der Waals surface area contributed by atoms with E-state index in [1.54, 1.807) is 0 Å². The smallest absolute Gasteiger partial charge is 0.0884 e. The Bertz CT molecular complexity index is 376. The molecule has 0 bridgehead atoms. The molecule has 0 aromatic carbocycles. The van der Waals surface area contributed by atoms with Crippen molar-refractivity contribution in [1.29, 1.82) is 0 Å². The molecule has 0 spiro atoms. The van der Waals surface area contributed by atoms with Crippen LogP contribution in [0.3, 0.4) is 0 Å². The van der Waals surface area contributed by atoms with E-state index in [9.17, 15) is 0 Å². The lowest BCUT2D eigenvalue weighted by atomic mass is 9.78. The van der Waals surface area contributed by atoms with Gasteiger partial charge in [-0.15, -0.1) is 11.3 Å². The van der Waals surface area contributed by atoms with Gasteiger partial charge in [0, 0.05) is 16.4 Å². The number of thiophene rings is 1. The molecule has 0 radical (unpaired) electrons. The molecule has 19 heavy (non-hydrogen) atoms. The molecule has 1 aliphatic rings. The minimum atomic E-state index is 0.0142. The zero-order chi connectivity index (χ0) is 13.7. The maximum atomic E-state index is 6.29. The predicted molar refractivity (Wildman–Crippen MR) is 82.9 cm³/mol. The summed E-state index contributed by atoms with van der Waals surface area (Å²) in [5, 5.41) is 3.69. The minimum Gasteiger partial charge on any atom is -0.373 e. The van der Waals surface area contributed by atoms with Crippen LogP contribution >= 0.6 is 11.3 Å². The van der Waals surface area contributed by atoms with Gasteiger partial charge in [-0.1, -0.05) is 26.2 Å². The average molecular weight is 281 g/mol. The fourth-order valence-corrected chi connectivity index (χ4v) is 4.37. The van der Waals surface area contributed by atoms with E-state index in [0.29, 0.717) is 6.04 Å². The highest BCUT2D eigenvalue weighted by molar-refractivity contribution is 7.12. The summed E-state index contributed by atoms with van der Waals surface area (Å²) in [6.07, 6.45) is 6.33. The van der Waals surface area contributed by atoms with Gasteiger partial charge < -0.3 is 10.1 Å². The molecular formula is C16H27NOS. The van der Waals surface area contributed by atoms with Gasteiger partial charge in [-0.3, -0.25) is 0 Å². The monoisotopic (exact) mass is 281 g/mol. The second-order valence-electron chi connectivity index (χ2n) is 5.50. The Kier molecular flexibility index (Phi) is 5.43. The predicted octanol–water partition coefficient (Wildman–Crippen LogP) is 4.45. The van der Waals surface area contributed by atoms with E-state index in [1.165, 1.54) is 41.9 Å². The molecule has 1 saturated carbocycles. The van der Waals surface area contributed by atoms with Crippen molar-refractivity contribution in [3.8, 4) is 0 Å². The number of aryl methyl sites for hydroxylation is 1. The zero-order valence-corrected chi connectivity index (χ0v) is 13.3. The molecule has 0 amide bonds. The highest BCUT2D eigenvalue weighted by atomic mass is 32.1. The van der Waals surface area contributed by atoms with Crippen molar-refractivity contribution >= 4 is 11.3 Å². The van der Waals surface area contributed by atoms with Gasteiger partial charge in [0.25, 0.3) is 0 Å². The van der Waals surface area contributed by atoms with E-state index in [-0.39, 0.29) is 5.60 Å². The van der Waals surface area contributed by atoms with Crippen LogP contribution in [0.15, 0.2) is 12.1 Å². The van der Waals surface area contributed by atoms with Gasteiger partial charge >= 0.3 is 0 Å². The number of hydrogen-bond acceptors (Lipinski definition) is 3. The molecule has 1 heterocycles. The van der Waals surface area contributed by atoms with Crippen LogP contribution in [-0.4, -0.2) is 18.8 Å². The van der Waals surface area contributed by atoms with E-state index in [0.717, 1.165) is 13.2 Å². The largest absolute Gasteiger partial charge is 0.373 e. The van der Waals surface area contributed by atoms with Crippen LogP contribution in [0, 0.1) is 6.92 Å². The van der Waals surface area contributed by atoms with Crippen molar-refractivity contribution in [3.63, 3.8) is 0 Å². The number of ether oxygens (including phenoxy) is 1. The van der Waals surface area contributed by atoms with Crippen LogP contribution < -0.4 is 5.32 Å². The molecule has 1 aromatic heterocycles. The lowest BCUT2D eigenvalue weighted by molar-refractivity contribution is -0.0902. The zero-order valence-electron chi connectivity index (χ0n) is 12.5. The standard InChI is InChI=1S/C16H27NOS/c1-4-17-15(14-10-9-13(3)19-14)16(18-5-2)11-7-6-8-12-16/h9-10,15,17H,4-8,11-12H2,1-3H3. The number of nitrogens with one attached hydrogen (secondary N) is 1. The lowest BCUT2D eigenvalue weighted by Gasteiger charge is -2.43. The third-order valence-corrected chi connectivity index (χ3v) is 5.18. The summed E-state index contributed by atoms with van der Waals surface area (Å²) in [4.78, 5) is 2.83. The molecule has 108 valence electrons. The molecule has 1 aromatic rings. The second kappa shape index (κ2) is 6.87. The van der Waals surface area contributed by atoms with Crippen LogP contribution in [0.2, 0.25) is 0 Å². The van der Waals surface area contributed by atoms with Crippen molar-refractivity contribution in [1.82, 2.24) is 5.32 Å². The summed E-state index contributed by atoms with van der Waals surface area (Å²) in [7, 11) is 0. The first-order valence-electron chi connectivity index (χ1n) is 7.65. The molecule has 3 heteroatoms. The Hall–Kier alpha value is -0.380. The summed E-state index contributed by atoms with van der Waals surface area (Å²) in [5.41, 5.74) is 0.0142. The maximum Gasteiger partial charge on any atom is 0.0884 e. The normalized spacial score (nSPS) is 20.4. The van der Waals surface area contributed by atoms with E-state index >= 15 is 0 Å². The Balaban J connectivity index is 2.27. The van der Waals surface area contributed by atoms with Gasteiger partial charge in [0.2, 0.25) is 0 Å². The Labute approximate surface area is 121 Å². The first kappa shape index (κ1) is 15.0. The molecule has 0 saturated heterocycles. The summed E-state index contributed by atoms with van der Waals surface area (Å²) in [5.74, 6) is 0. The number of hydrogen-bond donors (Lipinski definition) is 1. The molecule has 2 rings (SSSR count). The van der Waals surface area contributed by atoms with Gasteiger partial charge in [-0.05, 0) is 45.4 Å². The fourth-order valence-electron chi connectivity index (χ4n) is 3.31. The molecule has 0 aliphatic heterocycles. The van der Waals surface area contributed by atoms with Crippen molar-refractivity contribution in [2.45, 2.75) is 64.5 Å². The van der Waals surface area contributed by atoms with Gasteiger partial charge in [-0.25, -0.2) is 0 Å². The van der Waals surface area contributed by atoms with Crippen molar-refractivity contribution in [3.05, 3.63) is 21.9 Å². The Morgan fingerprint density at radius 3 is 2.53 bits per heavy atom. The van der Waals surface area contributed by atoms with Gasteiger partial charge in [0.05, 0.1) is 11.6 Å². The molecule has 1 atom stereocenters. The first-order chi connectivity index (χ1) is 9.22. The maximum absolute atomic E-state index is 6.29. The summed E-state index contributed by atoms with van der Waals surface area (Å²) in [6.45, 7) is 8.31. The van der Waals surface area contributed by atoms with Crippen LogP contribution in [0.4, 0.5) is 0 Å². The van der Waals surface area contributed by atoms with Crippen LogP contribution in [0.1, 0.15) is 61.7 Å². The molecule has 1 aliphatic carbocycles. The van der Waals surface area contributed by atoms with E-state index in [2.05, 4.69) is 38.2 Å². The summed E-state index contributed by atoms with van der Waals surface area (Å²) < 4.78 is 6.29. The highest BCUT2D eigenvalue weighted by Gasteiger charge is 2.41. The number of likely N-dealkylation sites (N-methyl/N-ethyl adjacent to an activating group) is 1.